The number of carbonyl (C=O) groups excluding carboxylic acids is 2. The van der Waals surface area contributed by atoms with Crippen LogP contribution in [0.4, 0.5) is 35.4 Å². The highest BCUT2D eigenvalue weighted by Crippen LogP contribution is 2.24. The Bertz CT molecular complexity index is 1110. The fourth-order valence-electron chi connectivity index (χ4n) is 3.56. The van der Waals surface area contributed by atoms with Crippen molar-refractivity contribution in [2.45, 2.75) is 13.0 Å². The third-order valence-electron chi connectivity index (χ3n) is 5.16. The highest BCUT2D eigenvalue weighted by atomic mass is 19.1. The molecule has 4 rings (SSSR count). The number of benzene rings is 3. The Hall–Kier alpha value is -3.94. The molecule has 164 valence electrons. The van der Waals surface area contributed by atoms with E-state index in [-0.39, 0.29) is 24.2 Å². The van der Waals surface area contributed by atoms with Crippen molar-refractivity contribution >= 4 is 29.1 Å². The average molecular weight is 436 g/mol. The van der Waals surface area contributed by atoms with E-state index >= 15 is 0 Å². The average Bonchev–Trinajstić information content (AvgIpc) is 2.78. The number of anilines is 3. The summed E-state index contributed by atoms with van der Waals surface area (Å²) >= 11 is 0. The van der Waals surface area contributed by atoms with Gasteiger partial charge in [-0.2, -0.15) is 0 Å². The number of hydrogen-bond acceptors (Lipinski definition) is 2. The summed E-state index contributed by atoms with van der Waals surface area (Å²) < 4.78 is 27.2. The summed E-state index contributed by atoms with van der Waals surface area (Å²) in [5.41, 5.74) is 2.20. The first-order valence-electron chi connectivity index (χ1n) is 10.2. The van der Waals surface area contributed by atoms with Gasteiger partial charge in [0.05, 0.1) is 6.54 Å². The summed E-state index contributed by atoms with van der Waals surface area (Å²) in [4.78, 5) is 28.2. The van der Waals surface area contributed by atoms with Gasteiger partial charge in [-0.1, -0.05) is 24.3 Å². The number of carbonyl (C=O) groups is 2. The molecule has 8 heteroatoms. The van der Waals surface area contributed by atoms with Crippen LogP contribution in [0.3, 0.4) is 0 Å². The largest absolute Gasteiger partial charge is 0.324 e. The molecule has 1 saturated heterocycles. The molecule has 1 aliphatic heterocycles. The molecule has 0 spiro atoms. The maximum absolute atomic E-state index is 14.0. The van der Waals surface area contributed by atoms with Crippen LogP contribution in [0.15, 0.2) is 72.8 Å². The van der Waals surface area contributed by atoms with Crippen LogP contribution < -0.4 is 15.5 Å². The number of halogens is 2. The molecule has 0 atom stereocenters. The van der Waals surface area contributed by atoms with E-state index in [1.54, 1.807) is 46.2 Å². The topological polar surface area (TPSA) is 64.7 Å². The van der Waals surface area contributed by atoms with Crippen molar-refractivity contribution in [2.24, 2.45) is 0 Å². The Morgan fingerprint density at radius 1 is 0.875 bits per heavy atom. The fourth-order valence-corrected chi connectivity index (χ4v) is 3.56. The molecule has 0 radical (unpaired) electrons. The fraction of sp³-hybridized carbons (Fsp3) is 0.167. The molecule has 0 bridgehead atoms. The van der Waals surface area contributed by atoms with E-state index in [4.69, 9.17) is 0 Å². The van der Waals surface area contributed by atoms with Crippen LogP contribution in [-0.2, 0) is 6.54 Å². The van der Waals surface area contributed by atoms with Crippen molar-refractivity contribution in [2.75, 3.05) is 28.6 Å². The molecule has 0 saturated carbocycles. The lowest BCUT2D eigenvalue weighted by molar-refractivity contribution is 0.191. The molecular formula is C24H22F2N4O2. The van der Waals surface area contributed by atoms with Crippen molar-refractivity contribution in [1.29, 1.82) is 0 Å². The van der Waals surface area contributed by atoms with Gasteiger partial charge < -0.3 is 15.5 Å². The lowest BCUT2D eigenvalue weighted by atomic mass is 10.1. The highest BCUT2D eigenvalue weighted by Gasteiger charge is 2.27. The second-order valence-electron chi connectivity index (χ2n) is 7.44. The predicted molar refractivity (Wildman–Crippen MR) is 120 cm³/mol. The third-order valence-corrected chi connectivity index (χ3v) is 5.16. The minimum Gasteiger partial charge on any atom is -0.320 e. The van der Waals surface area contributed by atoms with Gasteiger partial charge in [-0.3, -0.25) is 4.90 Å². The van der Waals surface area contributed by atoms with Crippen LogP contribution in [-0.4, -0.2) is 30.1 Å². The third kappa shape index (κ3) is 5.03. The van der Waals surface area contributed by atoms with Gasteiger partial charge in [0.25, 0.3) is 0 Å². The summed E-state index contributed by atoms with van der Waals surface area (Å²) in [6.07, 6.45) is 0.716. The van der Waals surface area contributed by atoms with E-state index < -0.39 is 11.6 Å². The number of urea groups is 2. The molecule has 6 nitrogen and oxygen atoms in total. The second-order valence-corrected chi connectivity index (χ2v) is 7.44. The van der Waals surface area contributed by atoms with Crippen LogP contribution in [0.25, 0.3) is 0 Å². The van der Waals surface area contributed by atoms with E-state index in [1.807, 2.05) is 18.2 Å². The standard InChI is InChI=1S/C24H22F2N4O2/c25-18-8-7-17(22(26)15-18)16-29-13-4-14-30(24(29)32)21-11-9-20(10-12-21)28-23(31)27-19-5-2-1-3-6-19/h1-3,5-12,15H,4,13-14,16H2,(H2,27,28,31). The summed E-state index contributed by atoms with van der Waals surface area (Å²) in [6, 6.07) is 18.8. The summed E-state index contributed by atoms with van der Waals surface area (Å²) in [6.45, 7) is 1.09. The smallest absolute Gasteiger partial charge is 0.320 e. The molecule has 0 aliphatic carbocycles. The molecule has 0 unspecified atom stereocenters. The van der Waals surface area contributed by atoms with Crippen molar-refractivity contribution in [3.63, 3.8) is 0 Å². The Kier molecular flexibility index (Phi) is 6.30. The minimum atomic E-state index is -0.667. The summed E-state index contributed by atoms with van der Waals surface area (Å²) in [7, 11) is 0. The molecule has 32 heavy (non-hydrogen) atoms. The number of hydrogen-bond donors (Lipinski definition) is 2. The molecular weight excluding hydrogens is 414 g/mol. The maximum Gasteiger partial charge on any atom is 0.324 e. The minimum absolute atomic E-state index is 0.0702. The summed E-state index contributed by atoms with van der Waals surface area (Å²) in [5.74, 6) is -1.32. The molecule has 2 N–H and O–H groups in total. The number of nitrogens with one attached hydrogen (secondary N) is 2. The van der Waals surface area contributed by atoms with Crippen molar-refractivity contribution in [3.05, 3.63) is 90.0 Å². The van der Waals surface area contributed by atoms with Gasteiger partial charge in [0.2, 0.25) is 0 Å². The normalized spacial score (nSPS) is 13.8. The van der Waals surface area contributed by atoms with Crippen LogP contribution in [0, 0.1) is 11.6 Å². The van der Waals surface area contributed by atoms with Crippen LogP contribution in [0.2, 0.25) is 0 Å². The van der Waals surface area contributed by atoms with Gasteiger partial charge in [-0.15, -0.1) is 0 Å². The Balaban J connectivity index is 1.39. The zero-order valence-electron chi connectivity index (χ0n) is 17.2. The second kappa shape index (κ2) is 9.47. The molecule has 1 heterocycles. The highest BCUT2D eigenvalue weighted by molar-refractivity contribution is 6.00. The first kappa shape index (κ1) is 21.3. The SMILES string of the molecule is O=C(Nc1ccccc1)Nc1ccc(N2CCCN(Cc3ccc(F)cc3F)C2=O)cc1. The van der Waals surface area contributed by atoms with E-state index in [2.05, 4.69) is 10.6 Å². The van der Waals surface area contributed by atoms with Crippen LogP contribution in [0.1, 0.15) is 12.0 Å². The molecule has 1 fully saturated rings. The Labute approximate surface area is 184 Å². The number of para-hydroxylation sites is 1. The first-order valence-corrected chi connectivity index (χ1v) is 10.2. The van der Waals surface area contributed by atoms with Gasteiger partial charge in [0, 0.05) is 41.8 Å². The van der Waals surface area contributed by atoms with Crippen LogP contribution >= 0.6 is 0 Å². The number of amides is 4. The Morgan fingerprint density at radius 2 is 1.56 bits per heavy atom. The lowest BCUT2D eigenvalue weighted by Gasteiger charge is -2.35. The molecule has 4 amide bonds. The van der Waals surface area contributed by atoms with Gasteiger partial charge in [-0.25, -0.2) is 18.4 Å². The summed E-state index contributed by atoms with van der Waals surface area (Å²) in [5, 5.41) is 5.48. The van der Waals surface area contributed by atoms with E-state index in [0.29, 0.717) is 36.6 Å². The van der Waals surface area contributed by atoms with Crippen LogP contribution in [0.5, 0.6) is 0 Å². The zero-order valence-corrected chi connectivity index (χ0v) is 17.2. The molecule has 3 aromatic carbocycles. The van der Waals surface area contributed by atoms with Gasteiger partial charge in [0.15, 0.2) is 0 Å². The van der Waals surface area contributed by atoms with Gasteiger partial charge in [-0.05, 0) is 48.9 Å². The predicted octanol–water partition coefficient (Wildman–Crippen LogP) is 5.44. The zero-order chi connectivity index (χ0) is 22.5. The van der Waals surface area contributed by atoms with E-state index in [9.17, 15) is 18.4 Å². The first-order chi connectivity index (χ1) is 15.5. The van der Waals surface area contributed by atoms with Gasteiger partial charge in [0.1, 0.15) is 11.6 Å². The maximum atomic E-state index is 14.0. The van der Waals surface area contributed by atoms with Crippen molar-refractivity contribution in [1.82, 2.24) is 4.90 Å². The number of nitrogens with zero attached hydrogens (tertiary/aromatic N) is 2. The van der Waals surface area contributed by atoms with Crippen molar-refractivity contribution in [3.8, 4) is 0 Å². The van der Waals surface area contributed by atoms with Gasteiger partial charge >= 0.3 is 12.1 Å². The van der Waals surface area contributed by atoms with Crippen molar-refractivity contribution < 1.29 is 18.4 Å². The van der Waals surface area contributed by atoms with E-state index in [1.165, 1.54) is 12.1 Å². The lowest BCUT2D eigenvalue weighted by Crippen LogP contribution is -2.49. The molecule has 3 aromatic rings. The Morgan fingerprint density at radius 3 is 2.25 bits per heavy atom. The van der Waals surface area contributed by atoms with E-state index in [0.717, 1.165) is 6.07 Å². The quantitative estimate of drug-likeness (QED) is 0.559. The molecule has 1 aliphatic rings. The number of rotatable bonds is 5. The molecule has 0 aromatic heterocycles. The monoisotopic (exact) mass is 436 g/mol.